The Morgan fingerprint density at radius 2 is 1.50 bits per heavy atom. The first-order valence-electron chi connectivity index (χ1n) is 11.5. The van der Waals surface area contributed by atoms with Crippen LogP contribution in [-0.2, 0) is 6.54 Å². The molecular formula is C28H31NO3. The maximum absolute atomic E-state index is 12.6. The van der Waals surface area contributed by atoms with E-state index in [2.05, 4.69) is 42.3 Å². The van der Waals surface area contributed by atoms with Gasteiger partial charge in [0, 0.05) is 12.6 Å². The van der Waals surface area contributed by atoms with Crippen LogP contribution in [0.1, 0.15) is 37.7 Å². The highest BCUT2D eigenvalue weighted by molar-refractivity contribution is 5.90. The highest BCUT2D eigenvalue weighted by Crippen LogP contribution is 2.23. The minimum Gasteiger partial charge on any atom is -0.493 e. The first-order valence-corrected chi connectivity index (χ1v) is 11.5. The molecule has 0 saturated heterocycles. The van der Waals surface area contributed by atoms with Crippen LogP contribution in [0.15, 0.2) is 82.0 Å². The van der Waals surface area contributed by atoms with Crippen molar-refractivity contribution >= 4 is 21.9 Å². The van der Waals surface area contributed by atoms with Crippen LogP contribution in [0.3, 0.4) is 0 Å². The number of fused-ring (bicyclic) bond motifs is 2. The molecule has 1 aromatic heterocycles. The molecule has 0 atom stereocenters. The van der Waals surface area contributed by atoms with Crippen molar-refractivity contribution in [2.24, 2.45) is 0 Å². The lowest BCUT2D eigenvalue weighted by Crippen LogP contribution is -2.18. The smallest absolute Gasteiger partial charge is 0.200 e. The van der Waals surface area contributed by atoms with Crippen molar-refractivity contribution < 1.29 is 9.15 Å². The van der Waals surface area contributed by atoms with Crippen LogP contribution < -0.4 is 10.2 Å². The monoisotopic (exact) mass is 429 g/mol. The van der Waals surface area contributed by atoms with Gasteiger partial charge in [-0.25, -0.2) is 0 Å². The summed E-state index contributed by atoms with van der Waals surface area (Å²) in [6.45, 7) is 2.82. The van der Waals surface area contributed by atoms with Crippen LogP contribution in [0, 0.1) is 0 Å². The Morgan fingerprint density at radius 3 is 2.38 bits per heavy atom. The van der Waals surface area contributed by atoms with Gasteiger partial charge < -0.3 is 14.1 Å². The second-order valence-electron chi connectivity index (χ2n) is 8.42. The maximum Gasteiger partial charge on any atom is 0.200 e. The predicted octanol–water partition coefficient (Wildman–Crippen LogP) is 6.41. The van der Waals surface area contributed by atoms with Crippen molar-refractivity contribution in [3.05, 3.63) is 88.6 Å². The van der Waals surface area contributed by atoms with Crippen LogP contribution >= 0.6 is 0 Å². The zero-order chi connectivity index (χ0) is 22.2. The number of nitrogens with zero attached hydrogens (tertiary/aromatic N) is 1. The molecule has 0 aliphatic rings. The molecule has 0 radical (unpaired) electrons. The third-order valence-electron chi connectivity index (χ3n) is 5.80. The Bertz CT molecular complexity index is 1200. The summed E-state index contributed by atoms with van der Waals surface area (Å²) < 4.78 is 11.8. The molecule has 3 aromatic carbocycles. The standard InChI is InChI=1S/C28H31NO3/c1-29(21-22-12-6-5-7-13-22)18-10-3-2-4-11-19-31-23-16-17-25-27(20-23)32-26-15-9-8-14-24(26)28(25)30/h5-9,12-17,20H,2-4,10-11,18-19,21H2,1H3. The normalized spacial score (nSPS) is 11.4. The van der Waals surface area contributed by atoms with Crippen LogP contribution in [0.4, 0.5) is 0 Å². The number of unbranched alkanes of at least 4 members (excludes halogenated alkanes) is 4. The minimum absolute atomic E-state index is 0.00260. The van der Waals surface area contributed by atoms with E-state index in [1.165, 1.54) is 24.8 Å². The van der Waals surface area contributed by atoms with E-state index in [0.29, 0.717) is 28.5 Å². The van der Waals surface area contributed by atoms with Gasteiger partial charge in [0.15, 0.2) is 0 Å². The van der Waals surface area contributed by atoms with Crippen LogP contribution in [0.25, 0.3) is 21.9 Å². The molecular weight excluding hydrogens is 398 g/mol. The summed E-state index contributed by atoms with van der Waals surface area (Å²) in [6.07, 6.45) is 5.88. The predicted molar refractivity (Wildman–Crippen MR) is 131 cm³/mol. The summed E-state index contributed by atoms with van der Waals surface area (Å²) in [5.41, 5.74) is 2.55. The number of ether oxygens (including phenoxy) is 1. The number of para-hydroxylation sites is 1. The van der Waals surface area contributed by atoms with Crippen molar-refractivity contribution in [1.29, 1.82) is 0 Å². The van der Waals surface area contributed by atoms with Gasteiger partial charge in [-0.05, 0) is 56.3 Å². The highest BCUT2D eigenvalue weighted by atomic mass is 16.5. The van der Waals surface area contributed by atoms with Crippen molar-refractivity contribution in [2.45, 2.75) is 38.6 Å². The van der Waals surface area contributed by atoms with Gasteiger partial charge >= 0.3 is 0 Å². The van der Waals surface area contributed by atoms with E-state index in [4.69, 9.17) is 9.15 Å². The Labute approximate surface area is 189 Å². The van der Waals surface area contributed by atoms with Crippen LogP contribution in [0.5, 0.6) is 5.75 Å². The molecule has 32 heavy (non-hydrogen) atoms. The number of hydrogen-bond acceptors (Lipinski definition) is 4. The van der Waals surface area contributed by atoms with Gasteiger partial charge in [0.2, 0.25) is 5.43 Å². The van der Waals surface area contributed by atoms with E-state index >= 15 is 0 Å². The second kappa shape index (κ2) is 11.0. The summed E-state index contributed by atoms with van der Waals surface area (Å²) in [5.74, 6) is 0.749. The van der Waals surface area contributed by atoms with Gasteiger partial charge in [-0.2, -0.15) is 0 Å². The topological polar surface area (TPSA) is 42.7 Å². The molecule has 0 aliphatic heterocycles. The third kappa shape index (κ3) is 5.77. The van der Waals surface area contributed by atoms with Crippen molar-refractivity contribution in [2.75, 3.05) is 20.2 Å². The SMILES string of the molecule is CN(CCCCCCCOc1ccc2c(=O)c3ccccc3oc2c1)Cc1ccccc1. The van der Waals surface area contributed by atoms with Crippen molar-refractivity contribution in [3.8, 4) is 5.75 Å². The number of hydrogen-bond donors (Lipinski definition) is 0. The van der Waals surface area contributed by atoms with E-state index < -0.39 is 0 Å². The molecule has 0 N–H and O–H groups in total. The fourth-order valence-electron chi connectivity index (χ4n) is 4.05. The Balaban J connectivity index is 1.16. The first-order chi connectivity index (χ1) is 15.7. The Hall–Kier alpha value is -3.11. The van der Waals surface area contributed by atoms with Gasteiger partial charge in [0.25, 0.3) is 0 Å². The van der Waals surface area contributed by atoms with E-state index in [1.807, 2.05) is 30.3 Å². The molecule has 4 aromatic rings. The average molecular weight is 430 g/mol. The lowest BCUT2D eigenvalue weighted by atomic mass is 10.1. The van der Waals surface area contributed by atoms with Gasteiger partial charge in [-0.1, -0.05) is 61.7 Å². The fourth-order valence-corrected chi connectivity index (χ4v) is 4.05. The molecule has 4 heteroatoms. The fraction of sp³-hybridized carbons (Fsp3) is 0.321. The molecule has 1 heterocycles. The molecule has 4 rings (SSSR count). The zero-order valence-corrected chi connectivity index (χ0v) is 18.8. The molecule has 0 aliphatic carbocycles. The molecule has 0 saturated carbocycles. The average Bonchev–Trinajstić information content (AvgIpc) is 2.81. The summed E-state index contributed by atoms with van der Waals surface area (Å²) in [5, 5.41) is 1.20. The van der Waals surface area contributed by atoms with E-state index in [9.17, 15) is 4.79 Å². The maximum atomic E-state index is 12.6. The van der Waals surface area contributed by atoms with Crippen LogP contribution in [0.2, 0.25) is 0 Å². The molecule has 0 fully saturated rings. The van der Waals surface area contributed by atoms with Crippen molar-refractivity contribution in [1.82, 2.24) is 4.90 Å². The molecule has 0 spiro atoms. The quantitative estimate of drug-likeness (QED) is 0.204. The summed E-state index contributed by atoms with van der Waals surface area (Å²) in [6, 6.07) is 23.5. The van der Waals surface area contributed by atoms with Crippen molar-refractivity contribution in [3.63, 3.8) is 0 Å². The van der Waals surface area contributed by atoms with Gasteiger partial charge in [-0.15, -0.1) is 0 Å². The minimum atomic E-state index is 0.00260. The lowest BCUT2D eigenvalue weighted by molar-refractivity contribution is 0.298. The Kier molecular flexibility index (Phi) is 7.57. The third-order valence-corrected chi connectivity index (χ3v) is 5.80. The van der Waals surface area contributed by atoms with Gasteiger partial charge in [-0.3, -0.25) is 4.79 Å². The lowest BCUT2D eigenvalue weighted by Gasteiger charge is -2.16. The Morgan fingerprint density at radius 1 is 0.781 bits per heavy atom. The molecule has 4 nitrogen and oxygen atoms in total. The summed E-state index contributed by atoms with van der Waals surface area (Å²) in [4.78, 5) is 15.0. The van der Waals surface area contributed by atoms with E-state index in [0.717, 1.165) is 31.7 Å². The van der Waals surface area contributed by atoms with Crippen LogP contribution in [-0.4, -0.2) is 25.1 Å². The highest BCUT2D eigenvalue weighted by Gasteiger charge is 2.08. The molecule has 0 unspecified atom stereocenters. The number of benzene rings is 3. The largest absolute Gasteiger partial charge is 0.493 e. The first kappa shape index (κ1) is 22.1. The zero-order valence-electron chi connectivity index (χ0n) is 18.8. The van der Waals surface area contributed by atoms with Gasteiger partial charge in [0.1, 0.15) is 16.9 Å². The van der Waals surface area contributed by atoms with E-state index in [-0.39, 0.29) is 5.43 Å². The second-order valence-corrected chi connectivity index (χ2v) is 8.42. The molecule has 0 amide bonds. The summed E-state index contributed by atoms with van der Waals surface area (Å²) in [7, 11) is 2.19. The van der Waals surface area contributed by atoms with E-state index in [1.54, 1.807) is 12.1 Å². The molecule has 166 valence electrons. The summed E-state index contributed by atoms with van der Waals surface area (Å²) >= 11 is 0. The van der Waals surface area contributed by atoms with Gasteiger partial charge in [0.05, 0.1) is 17.4 Å². The molecule has 0 bridgehead atoms. The number of rotatable bonds is 11.